The molecule has 0 aromatic heterocycles. The maximum absolute atomic E-state index is 11.9. The number of nitrogens with zero attached hydrogens (tertiary/aromatic N) is 1. The van der Waals surface area contributed by atoms with Gasteiger partial charge in [0.05, 0.1) is 19.6 Å². The Morgan fingerprint density at radius 3 is 2.57 bits per heavy atom. The highest BCUT2D eigenvalue weighted by Crippen LogP contribution is 2.19. The first-order valence-corrected chi connectivity index (χ1v) is 7.61. The maximum atomic E-state index is 11.9. The third-order valence-corrected chi connectivity index (χ3v) is 3.75. The van der Waals surface area contributed by atoms with Crippen LogP contribution in [0.15, 0.2) is 18.2 Å². The molecule has 2 fully saturated rings. The van der Waals surface area contributed by atoms with Gasteiger partial charge in [-0.05, 0) is 37.1 Å². The summed E-state index contributed by atoms with van der Waals surface area (Å²) in [5.41, 5.74) is 2.25. The van der Waals surface area contributed by atoms with E-state index in [1.165, 1.54) is 0 Å². The number of hydrogen-bond donors (Lipinski definition) is 1. The van der Waals surface area contributed by atoms with E-state index in [0.29, 0.717) is 26.2 Å². The Morgan fingerprint density at radius 2 is 1.91 bits per heavy atom. The lowest BCUT2D eigenvalue weighted by atomic mass is 10.1. The molecule has 2 heterocycles. The number of benzene rings is 1. The van der Waals surface area contributed by atoms with E-state index in [0.717, 1.165) is 16.9 Å². The molecule has 2 atom stereocenters. The average molecular weight is 320 g/mol. The number of hydrogen-bond acceptors (Lipinski definition) is 5. The zero-order chi connectivity index (χ0) is 16.4. The minimum Gasteiger partial charge on any atom is -0.490 e. The zero-order valence-electron chi connectivity index (χ0n) is 13.2. The van der Waals surface area contributed by atoms with Crippen molar-refractivity contribution in [2.24, 2.45) is 0 Å². The van der Waals surface area contributed by atoms with Crippen LogP contribution in [-0.4, -0.2) is 55.5 Å². The largest absolute Gasteiger partial charge is 0.490 e. The third-order valence-electron chi connectivity index (χ3n) is 3.75. The average Bonchev–Trinajstić information content (AvgIpc) is 3.03. The second-order valence-electron chi connectivity index (χ2n) is 5.95. The van der Waals surface area contributed by atoms with Crippen LogP contribution in [0.1, 0.15) is 11.1 Å². The van der Waals surface area contributed by atoms with Crippen LogP contribution in [0.2, 0.25) is 0 Å². The van der Waals surface area contributed by atoms with Crippen molar-refractivity contribution in [1.82, 2.24) is 10.2 Å². The highest BCUT2D eigenvalue weighted by molar-refractivity contribution is 5.71. The van der Waals surface area contributed by atoms with Crippen LogP contribution in [0, 0.1) is 13.8 Å². The molecular formula is C16H20N2O5. The summed E-state index contributed by atoms with van der Waals surface area (Å²) in [6.45, 7) is 5.48. The maximum Gasteiger partial charge on any atom is 0.410 e. The standard InChI is InChI=1S/C16H20N2O5/c1-10-3-11(2)5-12(4-10)21-9-14-8-18(16(20)23-14)7-13-6-17-15(19)22-13/h3-5,13-14H,6-9H2,1-2H3,(H,17,19). The Balaban J connectivity index is 1.50. The van der Waals surface area contributed by atoms with Crippen LogP contribution >= 0.6 is 0 Å². The number of ether oxygens (including phenoxy) is 3. The lowest BCUT2D eigenvalue weighted by Gasteiger charge is -2.16. The molecule has 0 spiro atoms. The van der Waals surface area contributed by atoms with Crippen molar-refractivity contribution in [2.45, 2.75) is 26.1 Å². The predicted octanol–water partition coefficient (Wildman–Crippen LogP) is 1.61. The van der Waals surface area contributed by atoms with E-state index >= 15 is 0 Å². The van der Waals surface area contributed by atoms with Crippen molar-refractivity contribution in [3.63, 3.8) is 0 Å². The molecule has 0 bridgehead atoms. The molecular weight excluding hydrogens is 300 g/mol. The predicted molar refractivity (Wildman–Crippen MR) is 81.5 cm³/mol. The SMILES string of the molecule is Cc1cc(C)cc(OCC2CN(CC3CNC(=O)O3)C(=O)O2)c1. The fraction of sp³-hybridized carbons (Fsp3) is 0.500. The molecule has 2 aliphatic rings. The third kappa shape index (κ3) is 3.85. The quantitative estimate of drug-likeness (QED) is 0.892. The Morgan fingerprint density at radius 1 is 1.17 bits per heavy atom. The molecule has 0 saturated carbocycles. The number of carbonyl (C=O) groups is 2. The molecule has 2 aliphatic heterocycles. The second kappa shape index (κ2) is 6.36. The van der Waals surface area contributed by atoms with Crippen LogP contribution in [0.25, 0.3) is 0 Å². The molecule has 1 aromatic rings. The lowest BCUT2D eigenvalue weighted by molar-refractivity contribution is 0.0983. The van der Waals surface area contributed by atoms with Crippen molar-refractivity contribution >= 4 is 12.2 Å². The number of alkyl carbamates (subject to hydrolysis) is 1. The van der Waals surface area contributed by atoms with Crippen LogP contribution in [0.3, 0.4) is 0 Å². The molecule has 0 radical (unpaired) electrons. The van der Waals surface area contributed by atoms with Gasteiger partial charge in [0.2, 0.25) is 0 Å². The van der Waals surface area contributed by atoms with Crippen molar-refractivity contribution in [3.05, 3.63) is 29.3 Å². The molecule has 2 saturated heterocycles. The number of aryl methyl sites for hydroxylation is 2. The van der Waals surface area contributed by atoms with Crippen molar-refractivity contribution in [3.8, 4) is 5.75 Å². The normalized spacial score (nSPS) is 23.5. The Bertz CT molecular complexity index is 598. The highest BCUT2D eigenvalue weighted by Gasteiger charge is 2.35. The van der Waals surface area contributed by atoms with Crippen molar-refractivity contribution in [1.29, 1.82) is 0 Å². The molecule has 2 unspecified atom stereocenters. The molecule has 23 heavy (non-hydrogen) atoms. The number of amides is 2. The fourth-order valence-electron chi connectivity index (χ4n) is 2.80. The van der Waals surface area contributed by atoms with E-state index in [9.17, 15) is 9.59 Å². The number of cyclic esters (lactones) is 2. The van der Waals surface area contributed by atoms with Gasteiger partial charge in [-0.25, -0.2) is 9.59 Å². The number of nitrogens with one attached hydrogen (secondary N) is 1. The minimum atomic E-state index is -0.447. The topological polar surface area (TPSA) is 77.1 Å². The van der Waals surface area contributed by atoms with E-state index in [-0.39, 0.29) is 12.2 Å². The second-order valence-corrected chi connectivity index (χ2v) is 5.95. The molecule has 1 aromatic carbocycles. The van der Waals surface area contributed by atoms with Gasteiger partial charge in [-0.2, -0.15) is 0 Å². The molecule has 1 N–H and O–H groups in total. The van der Waals surface area contributed by atoms with Crippen LogP contribution in [0.4, 0.5) is 9.59 Å². The van der Waals surface area contributed by atoms with Crippen LogP contribution in [0.5, 0.6) is 5.75 Å². The van der Waals surface area contributed by atoms with E-state index in [1.807, 2.05) is 26.0 Å². The van der Waals surface area contributed by atoms with Crippen molar-refractivity contribution < 1.29 is 23.8 Å². The Hall–Kier alpha value is -2.44. The zero-order valence-corrected chi connectivity index (χ0v) is 13.2. The van der Waals surface area contributed by atoms with Gasteiger partial charge in [0.15, 0.2) is 6.10 Å². The first-order chi connectivity index (χ1) is 11.0. The summed E-state index contributed by atoms with van der Waals surface area (Å²) < 4.78 is 16.1. The summed E-state index contributed by atoms with van der Waals surface area (Å²) in [5.74, 6) is 0.769. The van der Waals surface area contributed by atoms with Crippen LogP contribution in [-0.2, 0) is 9.47 Å². The van der Waals surface area contributed by atoms with Gasteiger partial charge in [0, 0.05) is 0 Å². The van der Waals surface area contributed by atoms with E-state index in [4.69, 9.17) is 14.2 Å². The van der Waals surface area contributed by atoms with Crippen molar-refractivity contribution in [2.75, 3.05) is 26.2 Å². The smallest absolute Gasteiger partial charge is 0.410 e. The van der Waals surface area contributed by atoms with E-state index in [1.54, 1.807) is 4.90 Å². The summed E-state index contributed by atoms with van der Waals surface area (Å²) in [5, 5.41) is 2.56. The fourth-order valence-corrected chi connectivity index (χ4v) is 2.80. The van der Waals surface area contributed by atoms with E-state index < -0.39 is 12.2 Å². The number of carbonyl (C=O) groups excluding carboxylic acids is 2. The molecule has 0 aliphatic carbocycles. The number of rotatable bonds is 5. The van der Waals surface area contributed by atoms with E-state index in [2.05, 4.69) is 11.4 Å². The summed E-state index contributed by atoms with van der Waals surface area (Å²) in [6.07, 6.45) is -1.50. The monoisotopic (exact) mass is 320 g/mol. The first-order valence-electron chi connectivity index (χ1n) is 7.61. The molecule has 2 amide bonds. The van der Waals surface area contributed by atoms with Gasteiger partial charge < -0.3 is 24.4 Å². The summed E-state index contributed by atoms with van der Waals surface area (Å²) in [6, 6.07) is 5.97. The van der Waals surface area contributed by atoms with Gasteiger partial charge >= 0.3 is 12.2 Å². The minimum absolute atomic E-state index is 0.299. The van der Waals surface area contributed by atoms with Gasteiger partial charge in [0.25, 0.3) is 0 Å². The molecule has 124 valence electrons. The summed E-state index contributed by atoms with van der Waals surface area (Å²) in [7, 11) is 0. The Kier molecular flexibility index (Phi) is 4.27. The molecule has 3 rings (SSSR count). The first kappa shape index (κ1) is 15.5. The molecule has 7 heteroatoms. The van der Waals surface area contributed by atoms with Gasteiger partial charge in [0.1, 0.15) is 18.5 Å². The van der Waals surface area contributed by atoms with Crippen LogP contribution < -0.4 is 10.1 Å². The highest BCUT2D eigenvalue weighted by atomic mass is 16.6. The molecule has 7 nitrogen and oxygen atoms in total. The lowest BCUT2D eigenvalue weighted by Crippen LogP contribution is -2.35. The summed E-state index contributed by atoms with van der Waals surface area (Å²) in [4.78, 5) is 24.4. The van der Waals surface area contributed by atoms with Gasteiger partial charge in [-0.3, -0.25) is 0 Å². The van der Waals surface area contributed by atoms with Gasteiger partial charge in [-0.15, -0.1) is 0 Å². The van der Waals surface area contributed by atoms with Gasteiger partial charge in [-0.1, -0.05) is 6.07 Å². The summed E-state index contributed by atoms with van der Waals surface area (Å²) >= 11 is 0. The Labute approximate surface area is 134 Å².